The van der Waals surface area contributed by atoms with Crippen LogP contribution in [0, 0.1) is 18.8 Å². The van der Waals surface area contributed by atoms with E-state index in [9.17, 15) is 14.7 Å². The lowest BCUT2D eigenvalue weighted by atomic mass is 9.90. The molecule has 1 N–H and O–H groups in total. The third-order valence-corrected chi connectivity index (χ3v) is 7.20. The van der Waals surface area contributed by atoms with Gasteiger partial charge < -0.3 is 9.84 Å². The van der Waals surface area contributed by atoms with Crippen LogP contribution in [0.3, 0.4) is 0 Å². The molecule has 29 heavy (non-hydrogen) atoms. The Kier molecular flexibility index (Phi) is 10.0. The van der Waals surface area contributed by atoms with Gasteiger partial charge in [0.1, 0.15) is 0 Å². The van der Waals surface area contributed by atoms with Crippen molar-refractivity contribution < 1.29 is 19.4 Å². The molecule has 3 atom stereocenters. The number of carbonyl (C=O) groups is 2. The predicted octanol–water partition coefficient (Wildman–Crippen LogP) is 5.33. The summed E-state index contributed by atoms with van der Waals surface area (Å²) < 4.78 is 5.74. The molecular formula is C23H29BrO4S. The standard InChI is InChI=1S/C23H29BrO4S/c1-16-21(24)15-19(29-16)13-12-18(25)11-9-17-10-14-22(26)20(17)7-5-3-4-6-8-23(27)28-2/h3,5,9-11,14-15,17-18,20,25H,4,6-8,12-13H2,1-2H3/t17-,18+,20+/m0/s1. The maximum atomic E-state index is 12.1. The first-order valence-corrected chi connectivity index (χ1v) is 11.6. The van der Waals surface area contributed by atoms with Crippen LogP contribution in [0.4, 0.5) is 0 Å². The minimum atomic E-state index is -0.519. The molecule has 0 saturated carbocycles. The fourth-order valence-corrected chi connectivity index (χ4v) is 4.85. The molecule has 0 unspecified atom stereocenters. The number of ketones is 1. The van der Waals surface area contributed by atoms with E-state index in [4.69, 9.17) is 0 Å². The summed E-state index contributed by atoms with van der Waals surface area (Å²) in [6.07, 6.45) is 15.0. The van der Waals surface area contributed by atoms with Crippen molar-refractivity contribution in [3.63, 3.8) is 0 Å². The maximum Gasteiger partial charge on any atom is 0.305 e. The van der Waals surface area contributed by atoms with Crippen LogP contribution in [0.1, 0.15) is 41.9 Å². The Morgan fingerprint density at radius 1 is 1.41 bits per heavy atom. The van der Waals surface area contributed by atoms with E-state index < -0.39 is 6.10 Å². The minimum Gasteiger partial charge on any atom is -0.469 e. The smallest absolute Gasteiger partial charge is 0.305 e. The number of esters is 1. The highest BCUT2D eigenvalue weighted by Gasteiger charge is 2.27. The van der Waals surface area contributed by atoms with Gasteiger partial charge >= 0.3 is 5.97 Å². The zero-order chi connectivity index (χ0) is 21.2. The lowest BCUT2D eigenvalue weighted by Gasteiger charge is -2.13. The molecule has 0 radical (unpaired) electrons. The van der Waals surface area contributed by atoms with Gasteiger partial charge in [0.15, 0.2) is 5.78 Å². The molecule has 0 saturated heterocycles. The van der Waals surface area contributed by atoms with Crippen LogP contribution in [0.5, 0.6) is 0 Å². The Labute approximate surface area is 185 Å². The average molecular weight is 481 g/mol. The lowest BCUT2D eigenvalue weighted by Crippen LogP contribution is -2.14. The second kappa shape index (κ2) is 12.3. The monoisotopic (exact) mass is 480 g/mol. The molecule has 6 heteroatoms. The van der Waals surface area contributed by atoms with Crippen LogP contribution in [0.2, 0.25) is 0 Å². The number of hydrogen-bond acceptors (Lipinski definition) is 5. The molecule has 158 valence electrons. The van der Waals surface area contributed by atoms with E-state index in [0.717, 1.165) is 23.7 Å². The van der Waals surface area contributed by atoms with Crippen molar-refractivity contribution in [2.75, 3.05) is 7.11 Å². The number of unbranched alkanes of at least 4 members (excludes halogenated alkanes) is 1. The van der Waals surface area contributed by atoms with Crippen molar-refractivity contribution in [3.05, 3.63) is 56.7 Å². The zero-order valence-electron chi connectivity index (χ0n) is 17.0. The van der Waals surface area contributed by atoms with E-state index in [0.29, 0.717) is 19.3 Å². The summed E-state index contributed by atoms with van der Waals surface area (Å²) >= 11 is 5.27. The van der Waals surface area contributed by atoms with Crippen LogP contribution in [-0.4, -0.2) is 30.1 Å². The highest BCUT2D eigenvalue weighted by molar-refractivity contribution is 9.10. The molecule has 1 aromatic rings. The first-order valence-electron chi connectivity index (χ1n) is 9.95. The summed E-state index contributed by atoms with van der Waals surface area (Å²) in [5.41, 5.74) is 0. The second-order valence-corrected chi connectivity index (χ2v) is 9.42. The van der Waals surface area contributed by atoms with Crippen LogP contribution in [0.15, 0.2) is 47.0 Å². The fraction of sp³-hybridized carbons (Fsp3) is 0.478. The molecular weight excluding hydrogens is 452 g/mol. The number of aryl methyl sites for hydroxylation is 2. The molecule has 4 nitrogen and oxygen atoms in total. The van der Waals surface area contributed by atoms with Crippen molar-refractivity contribution in [2.45, 2.75) is 51.6 Å². The fourth-order valence-electron chi connectivity index (χ4n) is 3.24. The quantitative estimate of drug-likeness (QED) is 0.264. The molecule has 1 aromatic heterocycles. The maximum absolute atomic E-state index is 12.1. The summed E-state index contributed by atoms with van der Waals surface area (Å²) in [6, 6.07) is 2.11. The number of hydrogen-bond donors (Lipinski definition) is 1. The number of aliphatic hydroxyl groups excluding tert-OH is 1. The normalized spacial score (nSPS) is 20.2. The number of aliphatic hydroxyl groups is 1. The third-order valence-electron chi connectivity index (χ3n) is 5.00. The van der Waals surface area contributed by atoms with Crippen molar-refractivity contribution in [1.29, 1.82) is 0 Å². The molecule has 0 aromatic carbocycles. The molecule has 0 amide bonds. The SMILES string of the molecule is COC(=O)CCCC=CC[C@H]1C(=O)C=C[C@@H]1C=C[C@@H](O)CCc1cc(Br)c(C)s1. The summed E-state index contributed by atoms with van der Waals surface area (Å²) in [5.74, 6) is -0.146. The van der Waals surface area contributed by atoms with Crippen molar-refractivity contribution in [1.82, 2.24) is 0 Å². The van der Waals surface area contributed by atoms with Gasteiger partial charge in [0.25, 0.3) is 0 Å². The van der Waals surface area contributed by atoms with Crippen LogP contribution in [-0.2, 0) is 20.7 Å². The summed E-state index contributed by atoms with van der Waals surface area (Å²) in [7, 11) is 1.39. The van der Waals surface area contributed by atoms with Crippen molar-refractivity contribution >= 4 is 39.0 Å². The number of halogens is 1. The van der Waals surface area contributed by atoms with Crippen LogP contribution < -0.4 is 0 Å². The average Bonchev–Trinajstić information content (AvgIpc) is 3.22. The van der Waals surface area contributed by atoms with Crippen molar-refractivity contribution in [3.8, 4) is 0 Å². The van der Waals surface area contributed by atoms with Gasteiger partial charge in [-0.1, -0.05) is 30.4 Å². The second-order valence-electron chi connectivity index (χ2n) is 7.23. The summed E-state index contributed by atoms with van der Waals surface area (Å²) in [5, 5.41) is 10.3. The van der Waals surface area contributed by atoms with E-state index in [1.54, 1.807) is 17.4 Å². The number of thiophene rings is 1. The summed E-state index contributed by atoms with van der Waals surface area (Å²) in [6.45, 7) is 2.08. The third kappa shape index (κ3) is 8.03. The highest BCUT2D eigenvalue weighted by atomic mass is 79.9. The molecule has 0 aliphatic heterocycles. The zero-order valence-corrected chi connectivity index (χ0v) is 19.4. The van der Waals surface area contributed by atoms with Crippen LogP contribution >= 0.6 is 27.3 Å². The lowest BCUT2D eigenvalue weighted by molar-refractivity contribution is -0.140. The first kappa shape index (κ1) is 23.8. The minimum absolute atomic E-state index is 0.0231. The Hall–Kier alpha value is -1.50. The number of rotatable bonds is 11. The topological polar surface area (TPSA) is 63.6 Å². The number of ether oxygens (including phenoxy) is 1. The molecule has 0 bridgehead atoms. The summed E-state index contributed by atoms with van der Waals surface area (Å²) in [4.78, 5) is 25.7. The Balaban J connectivity index is 1.76. The van der Waals surface area contributed by atoms with E-state index >= 15 is 0 Å². The van der Waals surface area contributed by atoms with Gasteiger partial charge in [0.05, 0.1) is 13.2 Å². The van der Waals surface area contributed by atoms with E-state index in [2.05, 4.69) is 33.7 Å². The van der Waals surface area contributed by atoms with E-state index in [1.165, 1.54) is 16.9 Å². The van der Waals surface area contributed by atoms with Crippen molar-refractivity contribution in [2.24, 2.45) is 11.8 Å². The van der Waals surface area contributed by atoms with E-state index in [1.807, 2.05) is 30.4 Å². The Morgan fingerprint density at radius 3 is 2.90 bits per heavy atom. The molecule has 1 heterocycles. The van der Waals surface area contributed by atoms with Gasteiger partial charge in [-0.05, 0) is 67.1 Å². The van der Waals surface area contributed by atoms with Gasteiger partial charge in [-0.15, -0.1) is 11.3 Å². The van der Waals surface area contributed by atoms with Gasteiger partial charge in [-0.2, -0.15) is 0 Å². The predicted molar refractivity (Wildman–Crippen MR) is 121 cm³/mol. The molecule has 0 fully saturated rings. The van der Waals surface area contributed by atoms with Gasteiger partial charge in [-0.3, -0.25) is 9.59 Å². The molecule has 1 aliphatic carbocycles. The van der Waals surface area contributed by atoms with Crippen LogP contribution in [0.25, 0.3) is 0 Å². The van der Waals surface area contributed by atoms with Gasteiger partial charge in [-0.25, -0.2) is 0 Å². The molecule has 1 aliphatic rings. The van der Waals surface area contributed by atoms with Gasteiger partial charge in [0.2, 0.25) is 0 Å². The highest BCUT2D eigenvalue weighted by Crippen LogP contribution is 2.29. The number of methoxy groups -OCH3 is 1. The Morgan fingerprint density at radius 2 is 2.21 bits per heavy atom. The molecule has 0 spiro atoms. The van der Waals surface area contributed by atoms with Gasteiger partial charge in [0, 0.05) is 32.5 Å². The number of carbonyl (C=O) groups excluding carboxylic acids is 2. The Bertz CT molecular complexity index is 758. The first-order chi connectivity index (χ1) is 13.9. The number of allylic oxidation sites excluding steroid dienone is 5. The largest absolute Gasteiger partial charge is 0.469 e. The van der Waals surface area contributed by atoms with E-state index in [-0.39, 0.29) is 23.6 Å². The molecule has 2 rings (SSSR count).